The molecule has 0 atom stereocenters. The van der Waals surface area contributed by atoms with Gasteiger partial charge in [-0.1, -0.05) is 60.5 Å². The number of likely N-dealkylation sites (tertiary alicyclic amines) is 2. The van der Waals surface area contributed by atoms with E-state index in [2.05, 4.69) is 70.5 Å². The van der Waals surface area contributed by atoms with Crippen molar-refractivity contribution in [3.05, 3.63) is 71.3 Å². The molecule has 0 spiro atoms. The molecule has 0 bridgehead atoms. The van der Waals surface area contributed by atoms with Gasteiger partial charge in [0.05, 0.1) is 6.61 Å². The maximum Gasteiger partial charge on any atom is 0.119 e. The number of rotatable bonds is 8. The Labute approximate surface area is 182 Å². The van der Waals surface area contributed by atoms with Crippen molar-refractivity contribution in [2.45, 2.75) is 45.1 Å². The van der Waals surface area contributed by atoms with Gasteiger partial charge < -0.3 is 9.64 Å². The normalized spacial score (nSPS) is 18.3. The van der Waals surface area contributed by atoms with E-state index >= 15 is 0 Å². The summed E-state index contributed by atoms with van der Waals surface area (Å²) in [6, 6.07) is 19.4. The first-order chi connectivity index (χ1) is 14.8. The van der Waals surface area contributed by atoms with E-state index in [1.165, 1.54) is 62.9 Å². The van der Waals surface area contributed by atoms with Gasteiger partial charge in [-0.15, -0.1) is 0 Å². The molecule has 0 N–H and O–H groups in total. The minimum atomic E-state index is 0.818. The first-order valence-electron chi connectivity index (χ1n) is 11.8. The number of piperidine rings is 2. The van der Waals surface area contributed by atoms with Crippen molar-refractivity contribution in [2.75, 3.05) is 39.3 Å². The van der Waals surface area contributed by atoms with E-state index in [9.17, 15) is 0 Å². The van der Waals surface area contributed by atoms with Gasteiger partial charge in [-0.05, 0) is 68.5 Å². The van der Waals surface area contributed by atoms with Gasteiger partial charge in [0, 0.05) is 26.2 Å². The van der Waals surface area contributed by atoms with Crippen LogP contribution in [0.25, 0.3) is 6.08 Å². The summed E-state index contributed by atoms with van der Waals surface area (Å²) in [6.45, 7) is 7.87. The quantitative estimate of drug-likeness (QED) is 0.531. The molecule has 2 aromatic rings. The molecule has 3 heteroatoms. The largest absolute Gasteiger partial charge is 0.494 e. The molecule has 30 heavy (non-hydrogen) atoms. The third-order valence-corrected chi connectivity index (χ3v) is 6.33. The molecule has 2 saturated heterocycles. The van der Waals surface area contributed by atoms with Crippen LogP contribution in [0.5, 0.6) is 5.75 Å². The highest BCUT2D eigenvalue weighted by Gasteiger charge is 2.14. The first-order valence-corrected chi connectivity index (χ1v) is 11.8. The summed E-state index contributed by atoms with van der Waals surface area (Å²) in [4.78, 5) is 5.14. The van der Waals surface area contributed by atoms with E-state index in [0.29, 0.717) is 0 Å². The highest BCUT2D eigenvalue weighted by molar-refractivity contribution is 5.52. The fraction of sp³-hybridized carbons (Fsp3) is 0.481. The summed E-state index contributed by atoms with van der Waals surface area (Å²) in [5, 5.41) is 0. The van der Waals surface area contributed by atoms with Crippen LogP contribution >= 0.6 is 0 Å². The van der Waals surface area contributed by atoms with E-state index < -0.39 is 0 Å². The number of hydrogen-bond acceptors (Lipinski definition) is 3. The van der Waals surface area contributed by atoms with Crippen LogP contribution in [-0.4, -0.2) is 49.1 Å². The smallest absolute Gasteiger partial charge is 0.119 e. The highest BCUT2D eigenvalue weighted by atomic mass is 16.5. The molecule has 2 aliphatic heterocycles. The van der Waals surface area contributed by atoms with E-state index in [1.54, 1.807) is 5.57 Å². The molecule has 0 aliphatic carbocycles. The van der Waals surface area contributed by atoms with Gasteiger partial charge in [-0.2, -0.15) is 0 Å². The minimum Gasteiger partial charge on any atom is -0.494 e. The van der Waals surface area contributed by atoms with E-state index in [1.807, 2.05) is 0 Å². The second kappa shape index (κ2) is 11.3. The van der Waals surface area contributed by atoms with Crippen molar-refractivity contribution >= 4 is 6.08 Å². The topological polar surface area (TPSA) is 15.7 Å². The van der Waals surface area contributed by atoms with Crippen molar-refractivity contribution in [3.8, 4) is 5.75 Å². The van der Waals surface area contributed by atoms with Gasteiger partial charge in [0.2, 0.25) is 0 Å². The van der Waals surface area contributed by atoms with Crippen molar-refractivity contribution in [3.63, 3.8) is 0 Å². The highest BCUT2D eigenvalue weighted by Crippen LogP contribution is 2.22. The zero-order chi connectivity index (χ0) is 20.4. The average Bonchev–Trinajstić information content (AvgIpc) is 2.80. The van der Waals surface area contributed by atoms with Gasteiger partial charge in [-0.25, -0.2) is 0 Å². The van der Waals surface area contributed by atoms with Crippen LogP contribution in [0.3, 0.4) is 0 Å². The Morgan fingerprint density at radius 2 is 1.50 bits per heavy atom. The van der Waals surface area contributed by atoms with Crippen LogP contribution < -0.4 is 4.74 Å². The molecule has 2 aromatic carbocycles. The Kier molecular flexibility index (Phi) is 7.99. The SMILES string of the molecule is C(=C1CCN(Cc2ccc(OCCCN3CCCCC3)cc2)CC1)c1ccccc1. The van der Waals surface area contributed by atoms with Crippen LogP contribution in [0.2, 0.25) is 0 Å². The summed E-state index contributed by atoms with van der Waals surface area (Å²) in [6.07, 6.45) is 9.97. The van der Waals surface area contributed by atoms with Crippen LogP contribution in [0.4, 0.5) is 0 Å². The number of benzene rings is 2. The van der Waals surface area contributed by atoms with E-state index in [0.717, 1.165) is 38.4 Å². The zero-order valence-electron chi connectivity index (χ0n) is 18.3. The monoisotopic (exact) mass is 404 g/mol. The number of nitrogens with zero attached hydrogens (tertiary/aromatic N) is 2. The molecule has 0 unspecified atom stereocenters. The van der Waals surface area contributed by atoms with E-state index in [-0.39, 0.29) is 0 Å². The van der Waals surface area contributed by atoms with Gasteiger partial charge in [0.25, 0.3) is 0 Å². The Balaban J connectivity index is 1.16. The summed E-state index contributed by atoms with van der Waals surface area (Å²) in [5.41, 5.74) is 4.28. The summed E-state index contributed by atoms with van der Waals surface area (Å²) in [5.74, 6) is 1.00. The molecule has 2 aliphatic rings. The Bertz CT molecular complexity index is 768. The Morgan fingerprint density at radius 3 is 2.23 bits per heavy atom. The maximum atomic E-state index is 5.96. The standard InChI is InChI=1S/C27H36N2O/c1-3-8-24(9-4-1)22-25-14-19-29(20-15-25)23-26-10-12-27(13-11-26)30-21-7-18-28-16-5-2-6-17-28/h1,3-4,8-13,22H,2,5-7,14-21,23H2. The minimum absolute atomic E-state index is 0.818. The molecule has 4 rings (SSSR count). The molecule has 0 saturated carbocycles. The summed E-state index contributed by atoms with van der Waals surface area (Å²) >= 11 is 0. The van der Waals surface area contributed by atoms with Gasteiger partial charge in [0.1, 0.15) is 5.75 Å². The predicted octanol–water partition coefficient (Wildman–Crippen LogP) is 5.62. The third-order valence-electron chi connectivity index (χ3n) is 6.33. The van der Waals surface area contributed by atoms with Crippen LogP contribution in [0.15, 0.2) is 60.2 Å². The van der Waals surface area contributed by atoms with Gasteiger partial charge in [-0.3, -0.25) is 4.90 Å². The lowest BCUT2D eigenvalue weighted by atomic mass is 10.0. The molecular weight excluding hydrogens is 368 g/mol. The maximum absolute atomic E-state index is 5.96. The summed E-state index contributed by atoms with van der Waals surface area (Å²) < 4.78 is 5.96. The zero-order valence-corrected chi connectivity index (χ0v) is 18.3. The molecular formula is C27H36N2O. The van der Waals surface area contributed by atoms with Crippen molar-refractivity contribution in [1.29, 1.82) is 0 Å². The van der Waals surface area contributed by atoms with Crippen molar-refractivity contribution in [1.82, 2.24) is 9.80 Å². The predicted molar refractivity (Wildman–Crippen MR) is 126 cm³/mol. The van der Waals surface area contributed by atoms with Gasteiger partial charge in [0.15, 0.2) is 0 Å². The van der Waals surface area contributed by atoms with E-state index in [4.69, 9.17) is 4.74 Å². The molecule has 0 radical (unpaired) electrons. The van der Waals surface area contributed by atoms with Gasteiger partial charge >= 0.3 is 0 Å². The fourth-order valence-electron chi connectivity index (χ4n) is 4.54. The third kappa shape index (κ3) is 6.72. The molecule has 2 fully saturated rings. The second-order valence-electron chi connectivity index (χ2n) is 8.74. The second-order valence-corrected chi connectivity index (χ2v) is 8.74. The fourth-order valence-corrected chi connectivity index (χ4v) is 4.54. The molecule has 2 heterocycles. The molecule has 160 valence electrons. The Morgan fingerprint density at radius 1 is 0.767 bits per heavy atom. The lowest BCUT2D eigenvalue weighted by Crippen LogP contribution is -2.31. The van der Waals surface area contributed by atoms with Crippen molar-refractivity contribution in [2.24, 2.45) is 0 Å². The molecule has 0 amide bonds. The lowest BCUT2D eigenvalue weighted by Gasteiger charge is -2.28. The first kappa shape index (κ1) is 21.1. The lowest BCUT2D eigenvalue weighted by molar-refractivity contribution is 0.205. The molecule has 0 aromatic heterocycles. The number of hydrogen-bond donors (Lipinski definition) is 0. The molecule has 3 nitrogen and oxygen atoms in total. The number of ether oxygens (including phenoxy) is 1. The summed E-state index contributed by atoms with van der Waals surface area (Å²) in [7, 11) is 0. The van der Waals surface area contributed by atoms with Crippen LogP contribution in [0, 0.1) is 0 Å². The van der Waals surface area contributed by atoms with Crippen LogP contribution in [-0.2, 0) is 6.54 Å². The average molecular weight is 405 g/mol. The van der Waals surface area contributed by atoms with Crippen molar-refractivity contribution < 1.29 is 4.74 Å². The van der Waals surface area contributed by atoms with Crippen LogP contribution in [0.1, 0.15) is 49.7 Å². The Hall–Kier alpha value is -2.10.